The highest BCUT2D eigenvalue weighted by atomic mass is 35.5. The Morgan fingerprint density at radius 2 is 2.07 bits per heavy atom. The molecule has 0 aliphatic rings. The third-order valence-corrected chi connectivity index (χ3v) is 2.23. The van der Waals surface area contributed by atoms with Crippen molar-refractivity contribution in [3.05, 3.63) is 47.7 Å². The fraction of sp³-hybridized carbons (Fsp3) is 0. The quantitative estimate of drug-likeness (QED) is 0.776. The van der Waals surface area contributed by atoms with Gasteiger partial charge in [0.25, 0.3) is 0 Å². The molecule has 3 heteroatoms. The number of aromatic hydroxyl groups is 1. The van der Waals surface area contributed by atoms with E-state index in [0.717, 1.165) is 11.1 Å². The minimum absolute atomic E-state index is 0.232. The maximum absolute atomic E-state index is 9.31. The van der Waals surface area contributed by atoms with E-state index in [4.69, 9.17) is 11.6 Å². The van der Waals surface area contributed by atoms with Crippen LogP contribution in [0.4, 0.5) is 0 Å². The Bertz CT molecular complexity index is 457. The smallest absolute Gasteiger partial charge is 0.116 e. The predicted molar refractivity (Wildman–Crippen MR) is 56.3 cm³/mol. The molecule has 0 saturated carbocycles. The molecular formula is C11H8ClNO. The first-order valence-corrected chi connectivity index (χ1v) is 4.54. The molecule has 2 nitrogen and oxygen atoms in total. The van der Waals surface area contributed by atoms with Crippen LogP contribution in [0.5, 0.6) is 5.75 Å². The molecular weight excluding hydrogens is 198 g/mol. The first kappa shape index (κ1) is 9.03. The predicted octanol–water partition coefficient (Wildman–Crippen LogP) is 3.11. The molecule has 0 unspecified atom stereocenters. The zero-order valence-electron chi connectivity index (χ0n) is 7.31. The number of phenolic OH excluding ortho intramolecular Hbond substituents is 1. The van der Waals surface area contributed by atoms with E-state index in [9.17, 15) is 5.11 Å². The molecule has 1 N–H and O–H groups in total. The summed E-state index contributed by atoms with van der Waals surface area (Å²) in [5.74, 6) is 0.232. The normalized spacial score (nSPS) is 10.1. The molecule has 70 valence electrons. The molecule has 0 spiro atoms. The Labute approximate surface area is 86.8 Å². The third-order valence-electron chi connectivity index (χ3n) is 1.93. The van der Waals surface area contributed by atoms with Gasteiger partial charge in [-0.15, -0.1) is 0 Å². The summed E-state index contributed by atoms with van der Waals surface area (Å²) in [4.78, 5) is 3.90. The second-order valence-electron chi connectivity index (χ2n) is 2.91. The van der Waals surface area contributed by atoms with Gasteiger partial charge in [-0.1, -0.05) is 23.7 Å². The Morgan fingerprint density at radius 3 is 2.79 bits per heavy atom. The second-order valence-corrected chi connectivity index (χ2v) is 3.31. The fourth-order valence-electron chi connectivity index (χ4n) is 1.28. The number of hydrogen-bond donors (Lipinski definition) is 1. The second kappa shape index (κ2) is 3.68. The van der Waals surface area contributed by atoms with E-state index < -0.39 is 0 Å². The third kappa shape index (κ3) is 1.70. The lowest BCUT2D eigenvalue weighted by Crippen LogP contribution is -1.80. The van der Waals surface area contributed by atoms with Crippen molar-refractivity contribution in [2.75, 3.05) is 0 Å². The van der Waals surface area contributed by atoms with Crippen molar-refractivity contribution >= 4 is 11.6 Å². The van der Waals surface area contributed by atoms with Crippen LogP contribution in [0.25, 0.3) is 11.1 Å². The van der Waals surface area contributed by atoms with E-state index in [-0.39, 0.29) is 5.75 Å². The lowest BCUT2D eigenvalue weighted by molar-refractivity contribution is 0.475. The lowest BCUT2D eigenvalue weighted by Gasteiger charge is -2.03. The number of hydrogen-bond acceptors (Lipinski definition) is 2. The molecule has 0 aliphatic carbocycles. The zero-order chi connectivity index (χ0) is 9.97. The van der Waals surface area contributed by atoms with Crippen LogP contribution < -0.4 is 0 Å². The summed E-state index contributed by atoms with van der Waals surface area (Å²) in [7, 11) is 0. The molecule has 0 saturated heterocycles. The molecule has 0 radical (unpaired) electrons. The summed E-state index contributed by atoms with van der Waals surface area (Å²) >= 11 is 5.97. The molecule has 1 aromatic heterocycles. The molecule has 0 amide bonds. The Hall–Kier alpha value is -1.54. The minimum atomic E-state index is 0.232. The first-order chi connectivity index (χ1) is 6.77. The van der Waals surface area contributed by atoms with Crippen LogP contribution in [0.1, 0.15) is 0 Å². The Balaban J connectivity index is 2.55. The maximum Gasteiger partial charge on any atom is 0.116 e. The number of halogens is 1. The molecule has 0 atom stereocenters. The zero-order valence-corrected chi connectivity index (χ0v) is 8.07. The number of rotatable bonds is 1. The Morgan fingerprint density at radius 1 is 1.21 bits per heavy atom. The van der Waals surface area contributed by atoms with Gasteiger partial charge in [0, 0.05) is 18.0 Å². The van der Waals surface area contributed by atoms with Crippen LogP contribution >= 0.6 is 11.6 Å². The summed E-state index contributed by atoms with van der Waals surface area (Å²) in [6.07, 6.45) is 3.26. The van der Waals surface area contributed by atoms with Gasteiger partial charge < -0.3 is 5.11 Å². The molecule has 0 bridgehead atoms. The lowest BCUT2D eigenvalue weighted by atomic mass is 10.1. The van der Waals surface area contributed by atoms with Crippen molar-refractivity contribution in [2.45, 2.75) is 0 Å². The van der Waals surface area contributed by atoms with Crippen molar-refractivity contribution in [1.29, 1.82) is 0 Å². The van der Waals surface area contributed by atoms with E-state index in [2.05, 4.69) is 4.98 Å². The molecule has 0 fully saturated rings. The van der Waals surface area contributed by atoms with E-state index in [1.165, 1.54) is 0 Å². The van der Waals surface area contributed by atoms with Gasteiger partial charge in [-0.3, -0.25) is 4.98 Å². The SMILES string of the molecule is Oc1cccc(-c2ccncc2Cl)c1. The molecule has 1 heterocycles. The van der Waals surface area contributed by atoms with Crippen LogP contribution in [-0.2, 0) is 0 Å². The monoisotopic (exact) mass is 205 g/mol. The van der Waals surface area contributed by atoms with Crippen LogP contribution in [0.2, 0.25) is 5.02 Å². The molecule has 2 aromatic rings. The average Bonchev–Trinajstić information content (AvgIpc) is 2.18. The van der Waals surface area contributed by atoms with Crippen LogP contribution in [0.3, 0.4) is 0 Å². The number of aromatic nitrogens is 1. The van der Waals surface area contributed by atoms with Crippen molar-refractivity contribution in [1.82, 2.24) is 4.98 Å². The van der Waals surface area contributed by atoms with E-state index in [1.807, 2.05) is 12.1 Å². The topological polar surface area (TPSA) is 33.1 Å². The van der Waals surface area contributed by atoms with Crippen LogP contribution in [0, 0.1) is 0 Å². The number of pyridine rings is 1. The summed E-state index contributed by atoms with van der Waals surface area (Å²) < 4.78 is 0. The van der Waals surface area contributed by atoms with Crippen LogP contribution in [-0.4, -0.2) is 10.1 Å². The van der Waals surface area contributed by atoms with Gasteiger partial charge in [-0.25, -0.2) is 0 Å². The van der Waals surface area contributed by atoms with Gasteiger partial charge in [-0.2, -0.15) is 0 Å². The number of benzene rings is 1. The highest BCUT2D eigenvalue weighted by molar-refractivity contribution is 6.33. The van der Waals surface area contributed by atoms with E-state index in [1.54, 1.807) is 30.6 Å². The number of phenols is 1. The highest BCUT2D eigenvalue weighted by Crippen LogP contribution is 2.28. The van der Waals surface area contributed by atoms with E-state index >= 15 is 0 Å². The average molecular weight is 206 g/mol. The standard InChI is InChI=1S/C11H8ClNO/c12-11-7-13-5-4-10(11)8-2-1-3-9(14)6-8/h1-7,14H. The van der Waals surface area contributed by atoms with Gasteiger partial charge in [0.15, 0.2) is 0 Å². The van der Waals surface area contributed by atoms with E-state index in [0.29, 0.717) is 5.02 Å². The largest absolute Gasteiger partial charge is 0.508 e. The summed E-state index contributed by atoms with van der Waals surface area (Å²) in [6, 6.07) is 8.78. The minimum Gasteiger partial charge on any atom is -0.508 e. The maximum atomic E-state index is 9.31. The van der Waals surface area contributed by atoms with Gasteiger partial charge in [0.1, 0.15) is 5.75 Å². The molecule has 14 heavy (non-hydrogen) atoms. The van der Waals surface area contributed by atoms with Gasteiger partial charge in [-0.05, 0) is 23.8 Å². The number of nitrogens with zero attached hydrogens (tertiary/aromatic N) is 1. The summed E-state index contributed by atoms with van der Waals surface area (Å²) in [5.41, 5.74) is 1.76. The van der Waals surface area contributed by atoms with Crippen LogP contribution in [0.15, 0.2) is 42.7 Å². The Kier molecular flexibility index (Phi) is 2.37. The summed E-state index contributed by atoms with van der Waals surface area (Å²) in [6.45, 7) is 0. The molecule has 2 rings (SSSR count). The van der Waals surface area contributed by atoms with Gasteiger partial charge in [0.05, 0.1) is 5.02 Å². The molecule has 1 aromatic carbocycles. The van der Waals surface area contributed by atoms with Gasteiger partial charge in [0.2, 0.25) is 0 Å². The first-order valence-electron chi connectivity index (χ1n) is 4.16. The van der Waals surface area contributed by atoms with Gasteiger partial charge >= 0.3 is 0 Å². The van der Waals surface area contributed by atoms with Crippen molar-refractivity contribution in [2.24, 2.45) is 0 Å². The molecule has 0 aliphatic heterocycles. The van der Waals surface area contributed by atoms with Crippen molar-refractivity contribution < 1.29 is 5.11 Å². The highest BCUT2D eigenvalue weighted by Gasteiger charge is 2.02. The fourth-order valence-corrected chi connectivity index (χ4v) is 1.51. The van der Waals surface area contributed by atoms with Crippen molar-refractivity contribution in [3.63, 3.8) is 0 Å². The van der Waals surface area contributed by atoms with Crippen molar-refractivity contribution in [3.8, 4) is 16.9 Å². The summed E-state index contributed by atoms with van der Waals surface area (Å²) in [5, 5.41) is 9.89.